The van der Waals surface area contributed by atoms with Crippen LogP contribution < -0.4 is 4.72 Å². The average Bonchev–Trinajstić information content (AvgIpc) is 2.39. The van der Waals surface area contributed by atoms with Crippen molar-refractivity contribution >= 4 is 15.8 Å². The maximum atomic E-state index is 11.9. The van der Waals surface area contributed by atoms with E-state index in [1.165, 1.54) is 6.20 Å². The summed E-state index contributed by atoms with van der Waals surface area (Å²) in [4.78, 5) is 3.91. The van der Waals surface area contributed by atoms with Crippen molar-refractivity contribution in [1.29, 1.82) is 0 Å². The number of aliphatic hydroxyl groups excluding tert-OH is 1. The zero-order valence-corrected chi connectivity index (χ0v) is 11.0. The fraction of sp³-hybridized carbons (Fsp3) is 0.154. The number of rotatable bonds is 5. The van der Waals surface area contributed by atoms with Crippen molar-refractivity contribution in [1.82, 2.24) is 4.98 Å². The average molecular weight is 278 g/mol. The van der Waals surface area contributed by atoms with E-state index in [0.717, 1.165) is 5.56 Å². The number of pyridine rings is 1. The molecule has 0 spiro atoms. The van der Waals surface area contributed by atoms with Crippen LogP contribution in [0, 0.1) is 0 Å². The molecule has 1 heterocycles. The van der Waals surface area contributed by atoms with Gasteiger partial charge in [0, 0.05) is 6.20 Å². The van der Waals surface area contributed by atoms with E-state index < -0.39 is 10.0 Å². The summed E-state index contributed by atoms with van der Waals surface area (Å²) in [6, 6.07) is 11.8. The number of aliphatic hydroxyl groups is 1. The minimum atomic E-state index is -3.48. The second kappa shape index (κ2) is 5.81. The lowest BCUT2D eigenvalue weighted by molar-refractivity contribution is 0.282. The highest BCUT2D eigenvalue weighted by molar-refractivity contribution is 7.91. The van der Waals surface area contributed by atoms with Gasteiger partial charge >= 0.3 is 0 Å². The van der Waals surface area contributed by atoms with E-state index >= 15 is 0 Å². The Labute approximate surface area is 112 Å². The largest absolute Gasteiger partial charge is 0.392 e. The molecular formula is C13H14N2O3S. The third kappa shape index (κ3) is 4.04. The van der Waals surface area contributed by atoms with E-state index in [1.807, 2.05) is 0 Å². The molecule has 0 fully saturated rings. The number of hydrogen-bond donors (Lipinski definition) is 2. The van der Waals surface area contributed by atoms with Crippen molar-refractivity contribution in [2.45, 2.75) is 12.4 Å². The molecule has 0 saturated carbocycles. The second-order valence-electron chi connectivity index (χ2n) is 4.05. The molecule has 19 heavy (non-hydrogen) atoms. The molecule has 2 N–H and O–H groups in total. The molecule has 0 aliphatic carbocycles. The summed E-state index contributed by atoms with van der Waals surface area (Å²) < 4.78 is 26.3. The molecule has 1 aromatic heterocycles. The van der Waals surface area contributed by atoms with Gasteiger partial charge < -0.3 is 5.11 Å². The summed E-state index contributed by atoms with van der Waals surface area (Å²) in [7, 11) is -3.48. The van der Waals surface area contributed by atoms with Crippen LogP contribution in [0.1, 0.15) is 11.1 Å². The van der Waals surface area contributed by atoms with E-state index in [-0.39, 0.29) is 12.4 Å². The van der Waals surface area contributed by atoms with Crippen molar-refractivity contribution in [2.24, 2.45) is 0 Å². The zero-order chi connectivity index (χ0) is 13.7. The van der Waals surface area contributed by atoms with E-state index in [2.05, 4.69) is 9.71 Å². The lowest BCUT2D eigenvalue weighted by atomic mass is 10.2. The first kappa shape index (κ1) is 13.5. The molecular weight excluding hydrogens is 264 g/mol. The van der Waals surface area contributed by atoms with Crippen molar-refractivity contribution < 1.29 is 13.5 Å². The summed E-state index contributed by atoms with van der Waals surface area (Å²) in [6.45, 7) is -0.0563. The van der Waals surface area contributed by atoms with Crippen LogP contribution in [0.5, 0.6) is 0 Å². The summed E-state index contributed by atoms with van der Waals surface area (Å²) in [6.07, 6.45) is 1.52. The third-order valence-corrected chi connectivity index (χ3v) is 3.72. The van der Waals surface area contributed by atoms with Crippen LogP contribution in [0.4, 0.5) is 5.82 Å². The Morgan fingerprint density at radius 2 is 1.74 bits per heavy atom. The summed E-state index contributed by atoms with van der Waals surface area (Å²) in [5.41, 5.74) is 1.40. The number of hydrogen-bond acceptors (Lipinski definition) is 4. The molecule has 0 unspecified atom stereocenters. The van der Waals surface area contributed by atoms with Crippen LogP contribution in [0.15, 0.2) is 48.7 Å². The third-order valence-electron chi connectivity index (χ3n) is 2.49. The SMILES string of the molecule is O=S(=O)(Cc1ccc(CO)cc1)Nc1ccccn1. The van der Waals surface area contributed by atoms with Gasteiger partial charge in [-0.15, -0.1) is 0 Å². The van der Waals surface area contributed by atoms with Crippen molar-refractivity contribution in [3.8, 4) is 0 Å². The van der Waals surface area contributed by atoms with Gasteiger partial charge in [0.25, 0.3) is 0 Å². The summed E-state index contributed by atoms with van der Waals surface area (Å²) >= 11 is 0. The predicted molar refractivity (Wildman–Crippen MR) is 72.8 cm³/mol. The fourth-order valence-corrected chi connectivity index (χ4v) is 2.72. The molecule has 0 saturated heterocycles. The van der Waals surface area contributed by atoms with Gasteiger partial charge in [-0.05, 0) is 23.3 Å². The minimum absolute atomic E-state index is 0.0563. The van der Waals surface area contributed by atoms with Crippen LogP contribution in [0.3, 0.4) is 0 Å². The molecule has 2 aromatic rings. The van der Waals surface area contributed by atoms with E-state index in [9.17, 15) is 8.42 Å². The Morgan fingerprint density at radius 3 is 2.32 bits per heavy atom. The molecule has 1 aromatic carbocycles. The molecule has 2 rings (SSSR count). The first-order valence-electron chi connectivity index (χ1n) is 5.69. The number of anilines is 1. The summed E-state index contributed by atoms with van der Waals surface area (Å²) in [5, 5.41) is 8.92. The van der Waals surface area contributed by atoms with Gasteiger partial charge in [0.05, 0.1) is 12.4 Å². The molecule has 0 atom stereocenters. The van der Waals surface area contributed by atoms with Gasteiger partial charge in [-0.25, -0.2) is 13.4 Å². The number of benzene rings is 1. The maximum absolute atomic E-state index is 11.9. The quantitative estimate of drug-likeness (QED) is 0.869. The molecule has 0 radical (unpaired) electrons. The Morgan fingerprint density at radius 1 is 1.05 bits per heavy atom. The number of nitrogens with zero attached hydrogens (tertiary/aromatic N) is 1. The Hall–Kier alpha value is -1.92. The van der Waals surface area contributed by atoms with Crippen LogP contribution in [0.25, 0.3) is 0 Å². The highest BCUT2D eigenvalue weighted by Gasteiger charge is 2.12. The smallest absolute Gasteiger partial charge is 0.238 e. The number of sulfonamides is 1. The highest BCUT2D eigenvalue weighted by atomic mass is 32.2. The van der Waals surface area contributed by atoms with E-state index in [4.69, 9.17) is 5.11 Å². The Kier molecular flexibility index (Phi) is 4.13. The zero-order valence-electron chi connectivity index (χ0n) is 10.2. The lowest BCUT2D eigenvalue weighted by Crippen LogP contribution is -2.15. The van der Waals surface area contributed by atoms with Gasteiger partial charge in [-0.2, -0.15) is 0 Å². The number of nitrogens with one attached hydrogen (secondary N) is 1. The minimum Gasteiger partial charge on any atom is -0.392 e. The predicted octanol–water partition coefficient (Wildman–Crippen LogP) is 1.52. The van der Waals surface area contributed by atoms with E-state index in [1.54, 1.807) is 42.5 Å². The van der Waals surface area contributed by atoms with Crippen LogP contribution in [-0.2, 0) is 22.4 Å². The first-order chi connectivity index (χ1) is 9.09. The van der Waals surface area contributed by atoms with Gasteiger partial charge in [0.2, 0.25) is 10.0 Å². The maximum Gasteiger partial charge on any atom is 0.238 e. The molecule has 5 nitrogen and oxygen atoms in total. The fourth-order valence-electron chi connectivity index (χ4n) is 1.58. The number of aromatic nitrogens is 1. The highest BCUT2D eigenvalue weighted by Crippen LogP contribution is 2.11. The molecule has 0 bridgehead atoms. The van der Waals surface area contributed by atoms with Crippen LogP contribution >= 0.6 is 0 Å². The molecule has 0 aliphatic rings. The van der Waals surface area contributed by atoms with Crippen molar-refractivity contribution in [2.75, 3.05) is 4.72 Å². The summed E-state index contributed by atoms with van der Waals surface area (Å²) in [5.74, 6) is 0.171. The standard InChI is InChI=1S/C13H14N2O3S/c16-9-11-4-6-12(7-5-11)10-19(17,18)15-13-3-1-2-8-14-13/h1-8,16H,9-10H2,(H,14,15). The monoisotopic (exact) mass is 278 g/mol. The second-order valence-corrected chi connectivity index (χ2v) is 5.77. The Balaban J connectivity index is 2.08. The van der Waals surface area contributed by atoms with Gasteiger partial charge in [-0.3, -0.25) is 4.72 Å². The molecule has 6 heteroatoms. The van der Waals surface area contributed by atoms with E-state index in [0.29, 0.717) is 11.4 Å². The normalized spacial score (nSPS) is 11.2. The molecule has 0 aliphatic heterocycles. The van der Waals surface area contributed by atoms with Crippen LogP contribution in [0.2, 0.25) is 0 Å². The first-order valence-corrected chi connectivity index (χ1v) is 7.34. The van der Waals surface area contributed by atoms with Crippen LogP contribution in [-0.4, -0.2) is 18.5 Å². The molecule has 100 valence electrons. The van der Waals surface area contributed by atoms with Gasteiger partial charge in [-0.1, -0.05) is 30.3 Å². The Bertz CT molecular complexity index is 625. The topological polar surface area (TPSA) is 79.3 Å². The molecule has 0 amide bonds. The van der Waals surface area contributed by atoms with Gasteiger partial charge in [0.15, 0.2) is 0 Å². The van der Waals surface area contributed by atoms with Crippen molar-refractivity contribution in [3.63, 3.8) is 0 Å². The van der Waals surface area contributed by atoms with Crippen molar-refractivity contribution in [3.05, 3.63) is 59.8 Å². The lowest BCUT2D eigenvalue weighted by Gasteiger charge is -2.07. The van der Waals surface area contributed by atoms with Gasteiger partial charge in [0.1, 0.15) is 5.82 Å².